The van der Waals surface area contributed by atoms with Gasteiger partial charge in [-0.05, 0) is 43.7 Å². The SMILES string of the molecule is CC(Cc1ccc(C(=N)N)cc1)(C(=O)N[C@@H](CCC(=O)O)C(=O)N[C@@H](CCCN=C(N)N)C(N)=O)c1ccccc1. The Morgan fingerprint density at radius 1 is 0.927 bits per heavy atom. The molecule has 1 unspecified atom stereocenters. The van der Waals surface area contributed by atoms with Crippen LogP contribution in [0.4, 0.5) is 0 Å². The smallest absolute Gasteiger partial charge is 0.303 e. The highest BCUT2D eigenvalue weighted by molar-refractivity contribution is 5.96. The van der Waals surface area contributed by atoms with Gasteiger partial charge in [-0.3, -0.25) is 29.6 Å². The summed E-state index contributed by atoms with van der Waals surface area (Å²) in [5.74, 6) is -3.42. The number of rotatable bonds is 16. The second kappa shape index (κ2) is 15.0. The van der Waals surface area contributed by atoms with E-state index in [0.29, 0.717) is 17.5 Å². The van der Waals surface area contributed by atoms with E-state index < -0.39 is 47.6 Å². The molecular formula is C28H38N8O5. The third-order valence-corrected chi connectivity index (χ3v) is 6.61. The van der Waals surface area contributed by atoms with E-state index in [9.17, 15) is 24.3 Å². The summed E-state index contributed by atoms with van der Waals surface area (Å²) in [6.45, 7) is 1.93. The van der Waals surface area contributed by atoms with Crippen molar-refractivity contribution in [3.05, 3.63) is 71.3 Å². The normalized spacial score (nSPS) is 13.6. The average molecular weight is 567 g/mol. The lowest BCUT2D eigenvalue weighted by molar-refractivity contribution is -0.138. The maximum atomic E-state index is 13.9. The summed E-state index contributed by atoms with van der Waals surface area (Å²) in [6.07, 6.45) is 0.0775. The first-order valence-corrected chi connectivity index (χ1v) is 13.0. The van der Waals surface area contributed by atoms with Crippen molar-refractivity contribution >= 4 is 35.5 Å². The number of benzene rings is 2. The van der Waals surface area contributed by atoms with Crippen molar-refractivity contribution in [1.29, 1.82) is 5.41 Å². The van der Waals surface area contributed by atoms with Crippen LogP contribution in [0, 0.1) is 5.41 Å². The van der Waals surface area contributed by atoms with Crippen LogP contribution >= 0.6 is 0 Å². The standard InChI is InChI=1S/C28H38N8O5/c1-28(19-6-3-2-4-7-19,16-17-9-11-18(12-10-17)23(29)30)26(41)36-21(13-14-22(37)38)25(40)35-20(24(31)39)8-5-15-34-27(32)33/h2-4,6-7,9-12,20-21H,5,8,13-16H2,1H3,(H3,29,30)(H2,31,39)(H,35,40)(H,36,41)(H,37,38)(H4,32,33,34)/t20-,21-,28?/m0/s1. The van der Waals surface area contributed by atoms with Gasteiger partial charge in [0.15, 0.2) is 5.96 Å². The fourth-order valence-electron chi connectivity index (χ4n) is 4.25. The first kappa shape index (κ1) is 32.3. The number of hydrogen-bond donors (Lipinski definition) is 8. The molecule has 0 fully saturated rings. The van der Waals surface area contributed by atoms with Crippen LogP contribution in [0.15, 0.2) is 59.6 Å². The van der Waals surface area contributed by atoms with Crippen molar-refractivity contribution in [2.75, 3.05) is 6.54 Å². The first-order chi connectivity index (χ1) is 19.3. The fraction of sp³-hybridized carbons (Fsp3) is 0.357. The zero-order chi connectivity index (χ0) is 30.6. The molecule has 0 aliphatic heterocycles. The molecule has 13 heteroatoms. The first-order valence-electron chi connectivity index (χ1n) is 13.0. The molecule has 0 saturated heterocycles. The van der Waals surface area contributed by atoms with Crippen molar-refractivity contribution in [3.8, 4) is 0 Å². The molecule has 0 heterocycles. The predicted octanol–water partition coefficient (Wildman–Crippen LogP) is -0.156. The van der Waals surface area contributed by atoms with Crippen molar-refractivity contribution < 1.29 is 24.3 Å². The third kappa shape index (κ3) is 9.95. The van der Waals surface area contributed by atoms with Gasteiger partial charge in [0, 0.05) is 18.5 Å². The monoisotopic (exact) mass is 566 g/mol. The predicted molar refractivity (Wildman–Crippen MR) is 155 cm³/mol. The molecule has 0 spiro atoms. The highest BCUT2D eigenvalue weighted by Gasteiger charge is 2.38. The van der Waals surface area contributed by atoms with Gasteiger partial charge >= 0.3 is 5.97 Å². The van der Waals surface area contributed by atoms with Crippen LogP contribution in [-0.4, -0.2) is 59.2 Å². The van der Waals surface area contributed by atoms with E-state index in [2.05, 4.69) is 15.6 Å². The van der Waals surface area contributed by atoms with E-state index in [4.69, 9.17) is 28.3 Å². The van der Waals surface area contributed by atoms with Crippen molar-refractivity contribution in [2.24, 2.45) is 27.9 Å². The molecule has 0 aromatic heterocycles. The second-order valence-corrected chi connectivity index (χ2v) is 9.86. The number of nitrogens with two attached hydrogens (primary N) is 4. The Kier molecular flexibility index (Phi) is 11.8. The Bertz CT molecular complexity index is 1260. The van der Waals surface area contributed by atoms with Gasteiger partial charge in [0.05, 0.1) is 5.41 Å². The minimum absolute atomic E-state index is 0.0853. The van der Waals surface area contributed by atoms with Gasteiger partial charge in [-0.2, -0.15) is 0 Å². The molecule has 2 aromatic carbocycles. The molecule has 3 atom stereocenters. The van der Waals surface area contributed by atoms with Crippen LogP contribution in [-0.2, 0) is 31.0 Å². The molecule has 2 aromatic rings. The molecule has 12 N–H and O–H groups in total. The highest BCUT2D eigenvalue weighted by Crippen LogP contribution is 2.29. The Morgan fingerprint density at radius 2 is 1.56 bits per heavy atom. The molecule has 0 radical (unpaired) electrons. The summed E-state index contributed by atoms with van der Waals surface area (Å²) < 4.78 is 0. The lowest BCUT2D eigenvalue weighted by Gasteiger charge is -2.31. The van der Waals surface area contributed by atoms with Gasteiger partial charge < -0.3 is 38.7 Å². The van der Waals surface area contributed by atoms with Gasteiger partial charge in [-0.15, -0.1) is 0 Å². The van der Waals surface area contributed by atoms with Crippen LogP contribution < -0.4 is 33.6 Å². The Hall–Kier alpha value is -4.94. The topological polar surface area (TPSA) is 253 Å². The largest absolute Gasteiger partial charge is 0.481 e. The number of aliphatic carboxylic acids is 1. The summed E-state index contributed by atoms with van der Waals surface area (Å²) in [7, 11) is 0. The fourth-order valence-corrected chi connectivity index (χ4v) is 4.25. The van der Waals surface area contributed by atoms with Crippen LogP contribution in [0.5, 0.6) is 0 Å². The number of carbonyl (C=O) groups is 4. The van der Waals surface area contributed by atoms with Crippen molar-refractivity contribution in [3.63, 3.8) is 0 Å². The summed E-state index contributed by atoms with van der Waals surface area (Å²) >= 11 is 0. The number of amidine groups is 1. The zero-order valence-corrected chi connectivity index (χ0v) is 22.9. The molecule has 0 saturated carbocycles. The van der Waals surface area contributed by atoms with E-state index in [-0.39, 0.29) is 37.6 Å². The minimum atomic E-state index is -1.26. The van der Waals surface area contributed by atoms with E-state index in [1.807, 2.05) is 6.07 Å². The Labute approximate surface area is 238 Å². The molecule has 2 rings (SSSR count). The molecular weight excluding hydrogens is 528 g/mol. The van der Waals surface area contributed by atoms with Gasteiger partial charge in [0.1, 0.15) is 17.9 Å². The number of nitrogens with one attached hydrogen (secondary N) is 3. The minimum Gasteiger partial charge on any atom is -0.481 e. The summed E-state index contributed by atoms with van der Waals surface area (Å²) in [4.78, 5) is 54.3. The number of hydrogen-bond acceptors (Lipinski definition) is 6. The third-order valence-electron chi connectivity index (χ3n) is 6.61. The summed E-state index contributed by atoms with van der Waals surface area (Å²) in [5.41, 5.74) is 22.4. The molecule has 41 heavy (non-hydrogen) atoms. The highest BCUT2D eigenvalue weighted by atomic mass is 16.4. The van der Waals surface area contributed by atoms with E-state index in [1.165, 1.54) is 0 Å². The van der Waals surface area contributed by atoms with E-state index >= 15 is 0 Å². The van der Waals surface area contributed by atoms with Crippen molar-refractivity contribution in [1.82, 2.24) is 10.6 Å². The van der Waals surface area contributed by atoms with Crippen LogP contribution in [0.1, 0.15) is 49.3 Å². The number of carbonyl (C=O) groups excluding carboxylic acids is 3. The number of nitrogen functional groups attached to an aromatic ring is 1. The zero-order valence-electron chi connectivity index (χ0n) is 22.9. The lowest BCUT2D eigenvalue weighted by Crippen LogP contribution is -2.56. The molecule has 3 amide bonds. The molecule has 0 bridgehead atoms. The quantitative estimate of drug-likeness (QED) is 0.0768. The molecule has 0 aliphatic carbocycles. The second-order valence-electron chi connectivity index (χ2n) is 9.86. The molecule has 220 valence electrons. The average Bonchev–Trinajstić information content (AvgIpc) is 2.92. The molecule has 13 nitrogen and oxygen atoms in total. The number of primary amides is 1. The van der Waals surface area contributed by atoms with Gasteiger partial charge in [0.2, 0.25) is 17.7 Å². The Balaban J connectivity index is 2.32. The molecule has 0 aliphatic rings. The van der Waals surface area contributed by atoms with Crippen LogP contribution in [0.3, 0.4) is 0 Å². The van der Waals surface area contributed by atoms with Crippen molar-refractivity contribution in [2.45, 2.75) is 56.5 Å². The van der Waals surface area contributed by atoms with Gasteiger partial charge in [-0.25, -0.2) is 0 Å². The number of guanidine groups is 1. The lowest BCUT2D eigenvalue weighted by atomic mass is 9.76. The van der Waals surface area contributed by atoms with Gasteiger partial charge in [0.25, 0.3) is 0 Å². The van der Waals surface area contributed by atoms with E-state index in [1.54, 1.807) is 55.5 Å². The van der Waals surface area contributed by atoms with Crippen LogP contribution in [0.2, 0.25) is 0 Å². The van der Waals surface area contributed by atoms with E-state index in [0.717, 1.165) is 5.56 Å². The maximum Gasteiger partial charge on any atom is 0.303 e. The number of nitrogens with zero attached hydrogens (tertiary/aromatic N) is 1. The van der Waals surface area contributed by atoms with Crippen LogP contribution in [0.25, 0.3) is 0 Å². The number of aliphatic imine (C=N–C) groups is 1. The number of carboxylic acid groups (broad SMARTS) is 1. The number of amides is 3. The van der Waals surface area contributed by atoms with Gasteiger partial charge in [-0.1, -0.05) is 54.6 Å². The number of carboxylic acids is 1. The maximum absolute atomic E-state index is 13.9. The summed E-state index contributed by atoms with van der Waals surface area (Å²) in [6, 6.07) is 13.5. The Morgan fingerprint density at radius 3 is 2.10 bits per heavy atom. The summed E-state index contributed by atoms with van der Waals surface area (Å²) in [5, 5.41) is 22.1.